The Hall–Kier alpha value is -1.01. The van der Waals surface area contributed by atoms with Gasteiger partial charge in [-0.1, -0.05) is 18.3 Å². The smallest absolute Gasteiger partial charge is 0.234 e. The van der Waals surface area contributed by atoms with E-state index in [9.17, 15) is 0 Å². The number of hydrogen-bond acceptors (Lipinski definition) is 5. The molecule has 6 heteroatoms. The molecule has 1 aliphatic heterocycles. The lowest BCUT2D eigenvalue weighted by Gasteiger charge is -2.21. The monoisotopic (exact) mass is 251 g/mol. The second-order valence-corrected chi connectivity index (χ2v) is 5.60. The highest BCUT2D eigenvalue weighted by Gasteiger charge is 2.17. The minimum Gasteiger partial charge on any atom is -0.317 e. The molecule has 1 N–H and O–H groups in total. The Kier molecular flexibility index (Phi) is 3.07. The average Bonchev–Trinajstić information content (AvgIpc) is 2.89. The van der Waals surface area contributed by atoms with Crippen LogP contribution in [0.4, 0.5) is 0 Å². The molecule has 3 heterocycles. The Labute approximate surface area is 104 Å². The third-order valence-electron chi connectivity index (χ3n) is 3.34. The molecule has 0 saturated carbocycles. The van der Waals surface area contributed by atoms with E-state index < -0.39 is 0 Å². The first kappa shape index (κ1) is 11.1. The van der Waals surface area contributed by atoms with Crippen LogP contribution in [0.3, 0.4) is 0 Å². The summed E-state index contributed by atoms with van der Waals surface area (Å²) in [6.45, 7) is 4.38. The van der Waals surface area contributed by atoms with Gasteiger partial charge in [0, 0.05) is 12.8 Å². The van der Waals surface area contributed by atoms with Crippen molar-refractivity contribution >= 4 is 16.3 Å². The average molecular weight is 251 g/mol. The van der Waals surface area contributed by atoms with Gasteiger partial charge in [0.2, 0.25) is 4.96 Å². The van der Waals surface area contributed by atoms with Gasteiger partial charge in [0.25, 0.3) is 0 Å². The van der Waals surface area contributed by atoms with Gasteiger partial charge in [-0.25, -0.2) is 0 Å². The number of aromatic nitrogens is 4. The van der Waals surface area contributed by atoms with Crippen LogP contribution < -0.4 is 5.32 Å². The predicted octanol–water partition coefficient (Wildman–Crippen LogP) is 1.29. The van der Waals surface area contributed by atoms with Crippen LogP contribution in [0.15, 0.2) is 0 Å². The van der Waals surface area contributed by atoms with Crippen molar-refractivity contribution in [2.24, 2.45) is 5.92 Å². The van der Waals surface area contributed by atoms with E-state index in [1.165, 1.54) is 17.8 Å². The molecule has 0 atom stereocenters. The molecule has 0 amide bonds. The fraction of sp³-hybridized carbons (Fsp3) is 0.727. The number of nitrogens with one attached hydrogen (secondary N) is 1. The lowest BCUT2D eigenvalue weighted by Crippen LogP contribution is -2.28. The van der Waals surface area contributed by atoms with E-state index in [0.29, 0.717) is 0 Å². The first-order chi connectivity index (χ1) is 8.36. The lowest BCUT2D eigenvalue weighted by atomic mass is 9.95. The van der Waals surface area contributed by atoms with Gasteiger partial charge >= 0.3 is 0 Å². The SMILES string of the molecule is CCc1nnc2sc(CC3CCNCC3)nn12. The zero-order valence-corrected chi connectivity index (χ0v) is 10.8. The predicted molar refractivity (Wildman–Crippen MR) is 67.3 cm³/mol. The van der Waals surface area contributed by atoms with Crippen molar-refractivity contribution in [3.8, 4) is 0 Å². The summed E-state index contributed by atoms with van der Waals surface area (Å²) in [6, 6.07) is 0. The highest BCUT2D eigenvalue weighted by molar-refractivity contribution is 7.16. The summed E-state index contributed by atoms with van der Waals surface area (Å²) in [5, 5.41) is 17.5. The molecule has 1 aliphatic rings. The molecule has 1 fully saturated rings. The van der Waals surface area contributed by atoms with Crippen LogP contribution in [0.5, 0.6) is 0 Å². The van der Waals surface area contributed by atoms with E-state index in [4.69, 9.17) is 0 Å². The normalized spacial score (nSPS) is 17.9. The fourth-order valence-corrected chi connectivity index (χ4v) is 3.30. The molecule has 0 aliphatic carbocycles. The van der Waals surface area contributed by atoms with Crippen molar-refractivity contribution < 1.29 is 0 Å². The molecule has 0 radical (unpaired) electrons. The van der Waals surface area contributed by atoms with Gasteiger partial charge in [0.1, 0.15) is 5.01 Å². The summed E-state index contributed by atoms with van der Waals surface area (Å²) in [5.74, 6) is 1.75. The zero-order chi connectivity index (χ0) is 11.7. The van der Waals surface area contributed by atoms with Gasteiger partial charge in [0.05, 0.1) is 0 Å². The maximum Gasteiger partial charge on any atom is 0.234 e. The van der Waals surface area contributed by atoms with Gasteiger partial charge in [-0.05, 0) is 31.8 Å². The van der Waals surface area contributed by atoms with Crippen molar-refractivity contribution in [3.05, 3.63) is 10.8 Å². The Morgan fingerprint density at radius 3 is 2.94 bits per heavy atom. The zero-order valence-electron chi connectivity index (χ0n) is 10.0. The summed E-state index contributed by atoms with van der Waals surface area (Å²) in [7, 11) is 0. The van der Waals surface area contributed by atoms with Gasteiger partial charge in [-0.15, -0.1) is 10.2 Å². The Morgan fingerprint density at radius 2 is 2.18 bits per heavy atom. The van der Waals surface area contributed by atoms with E-state index in [1.54, 1.807) is 11.3 Å². The quantitative estimate of drug-likeness (QED) is 0.893. The molecular formula is C11H17N5S. The van der Waals surface area contributed by atoms with Gasteiger partial charge in [-0.3, -0.25) is 0 Å². The summed E-state index contributed by atoms with van der Waals surface area (Å²) < 4.78 is 1.90. The van der Waals surface area contributed by atoms with Crippen molar-refractivity contribution in [1.29, 1.82) is 0 Å². The Bertz CT molecular complexity index is 497. The van der Waals surface area contributed by atoms with Crippen LogP contribution in [0, 0.1) is 5.92 Å². The molecule has 0 aromatic carbocycles. The second kappa shape index (κ2) is 4.70. The number of nitrogens with zero attached hydrogens (tertiary/aromatic N) is 4. The molecule has 0 unspecified atom stereocenters. The van der Waals surface area contributed by atoms with Crippen molar-refractivity contribution in [1.82, 2.24) is 25.1 Å². The molecule has 3 rings (SSSR count). The first-order valence-corrected chi connectivity index (χ1v) is 7.09. The minimum absolute atomic E-state index is 0.783. The summed E-state index contributed by atoms with van der Waals surface area (Å²) in [6.07, 6.45) is 4.51. The lowest BCUT2D eigenvalue weighted by molar-refractivity contribution is 0.371. The fourth-order valence-electron chi connectivity index (χ4n) is 2.33. The maximum absolute atomic E-state index is 4.63. The van der Waals surface area contributed by atoms with Crippen molar-refractivity contribution in [3.63, 3.8) is 0 Å². The van der Waals surface area contributed by atoms with Gasteiger partial charge < -0.3 is 5.32 Å². The number of rotatable bonds is 3. The molecule has 0 bridgehead atoms. The maximum atomic E-state index is 4.63. The molecular weight excluding hydrogens is 234 g/mol. The van der Waals surface area contributed by atoms with Crippen LogP contribution in [-0.2, 0) is 12.8 Å². The number of piperidine rings is 1. The molecule has 5 nitrogen and oxygen atoms in total. The second-order valence-electron chi connectivity index (χ2n) is 4.56. The van der Waals surface area contributed by atoms with E-state index in [0.717, 1.165) is 42.6 Å². The van der Waals surface area contributed by atoms with E-state index in [-0.39, 0.29) is 0 Å². The molecule has 2 aromatic heterocycles. The minimum atomic E-state index is 0.783. The highest BCUT2D eigenvalue weighted by Crippen LogP contribution is 2.22. The van der Waals surface area contributed by atoms with Gasteiger partial charge in [-0.2, -0.15) is 9.61 Å². The third-order valence-corrected chi connectivity index (χ3v) is 4.26. The van der Waals surface area contributed by atoms with E-state index in [1.807, 2.05) is 4.52 Å². The molecule has 2 aromatic rings. The van der Waals surface area contributed by atoms with E-state index in [2.05, 4.69) is 27.5 Å². The first-order valence-electron chi connectivity index (χ1n) is 6.27. The number of fused-ring (bicyclic) bond motifs is 1. The van der Waals surface area contributed by atoms with Crippen LogP contribution >= 0.6 is 11.3 Å². The summed E-state index contributed by atoms with van der Waals surface area (Å²) in [5.41, 5.74) is 0. The molecule has 92 valence electrons. The Morgan fingerprint density at radius 1 is 1.35 bits per heavy atom. The van der Waals surface area contributed by atoms with Gasteiger partial charge in [0.15, 0.2) is 5.82 Å². The summed E-state index contributed by atoms with van der Waals surface area (Å²) >= 11 is 1.68. The molecule has 17 heavy (non-hydrogen) atoms. The van der Waals surface area contributed by atoms with Crippen molar-refractivity contribution in [2.75, 3.05) is 13.1 Å². The molecule has 0 spiro atoms. The number of aryl methyl sites for hydroxylation is 1. The van der Waals surface area contributed by atoms with Crippen LogP contribution in [0.2, 0.25) is 0 Å². The van der Waals surface area contributed by atoms with Crippen LogP contribution in [-0.4, -0.2) is 32.9 Å². The van der Waals surface area contributed by atoms with Crippen molar-refractivity contribution in [2.45, 2.75) is 32.6 Å². The number of hydrogen-bond donors (Lipinski definition) is 1. The summed E-state index contributed by atoms with van der Waals surface area (Å²) in [4.78, 5) is 0.936. The van der Waals surface area contributed by atoms with E-state index >= 15 is 0 Å². The van der Waals surface area contributed by atoms with Crippen LogP contribution in [0.1, 0.15) is 30.6 Å². The third kappa shape index (κ3) is 2.19. The topological polar surface area (TPSA) is 55.1 Å². The standard InChI is InChI=1S/C11H17N5S/c1-2-9-13-14-11-16(9)15-10(17-11)7-8-3-5-12-6-4-8/h8,12H,2-7H2,1H3. The van der Waals surface area contributed by atoms with Crippen LogP contribution in [0.25, 0.3) is 4.96 Å². The molecule has 1 saturated heterocycles. The largest absolute Gasteiger partial charge is 0.317 e. The Balaban J connectivity index is 1.78. The highest BCUT2D eigenvalue weighted by atomic mass is 32.1.